The van der Waals surface area contributed by atoms with Gasteiger partial charge in [0, 0.05) is 23.4 Å². The van der Waals surface area contributed by atoms with Crippen LogP contribution in [0.1, 0.15) is 26.3 Å². The molecule has 1 aromatic rings. The van der Waals surface area contributed by atoms with Crippen LogP contribution in [0.4, 0.5) is 16.2 Å². The van der Waals surface area contributed by atoms with Crippen LogP contribution in [0.5, 0.6) is 0 Å². The number of non-ortho nitro benzene ring substituents is 1. The first-order valence-electron chi connectivity index (χ1n) is 5.53. The Morgan fingerprint density at radius 2 is 1.94 bits per heavy atom. The highest BCUT2D eigenvalue weighted by molar-refractivity contribution is 5.90. The predicted molar refractivity (Wildman–Crippen MR) is 69.7 cm³/mol. The highest BCUT2D eigenvalue weighted by Gasteiger charge is 2.15. The molecular weight excluding hydrogens is 234 g/mol. The third kappa shape index (κ3) is 4.04. The fourth-order valence-corrected chi connectivity index (χ4v) is 1.40. The smallest absolute Gasteiger partial charge is 0.319 e. The molecule has 18 heavy (non-hydrogen) atoms. The predicted octanol–water partition coefficient (Wildman–Crippen LogP) is 2.82. The van der Waals surface area contributed by atoms with Gasteiger partial charge in [0.05, 0.1) is 4.92 Å². The Labute approximate surface area is 106 Å². The van der Waals surface area contributed by atoms with Crippen molar-refractivity contribution in [1.29, 1.82) is 0 Å². The monoisotopic (exact) mass is 251 g/mol. The van der Waals surface area contributed by atoms with E-state index in [1.165, 1.54) is 18.2 Å². The van der Waals surface area contributed by atoms with E-state index in [1.54, 1.807) is 6.92 Å². The number of benzene rings is 1. The van der Waals surface area contributed by atoms with Gasteiger partial charge in [-0.25, -0.2) is 4.79 Å². The van der Waals surface area contributed by atoms with E-state index in [4.69, 9.17) is 0 Å². The maximum absolute atomic E-state index is 11.6. The van der Waals surface area contributed by atoms with Crippen molar-refractivity contribution in [3.63, 3.8) is 0 Å². The Balaban J connectivity index is 2.80. The number of carbonyl (C=O) groups is 1. The summed E-state index contributed by atoms with van der Waals surface area (Å²) in [6.45, 7) is 7.32. The summed E-state index contributed by atoms with van der Waals surface area (Å²) in [6.07, 6.45) is 0. The minimum absolute atomic E-state index is 0.00859. The highest BCUT2D eigenvalue weighted by Crippen LogP contribution is 2.21. The molecule has 98 valence electrons. The number of urea groups is 1. The molecule has 0 atom stereocenters. The number of hydrogen-bond acceptors (Lipinski definition) is 3. The van der Waals surface area contributed by atoms with Gasteiger partial charge >= 0.3 is 6.03 Å². The molecular formula is C12H17N3O3. The standard InChI is InChI=1S/C12H17N3O3/c1-8-7-9(15(17)18)5-6-10(8)13-11(16)14-12(2,3)4/h5-7H,1-4H3,(H2,13,14,16). The summed E-state index contributed by atoms with van der Waals surface area (Å²) in [4.78, 5) is 21.8. The van der Waals surface area contributed by atoms with Crippen LogP contribution in [0, 0.1) is 17.0 Å². The van der Waals surface area contributed by atoms with Gasteiger partial charge in [-0.3, -0.25) is 10.1 Å². The van der Waals surface area contributed by atoms with Crippen LogP contribution < -0.4 is 10.6 Å². The Kier molecular flexibility index (Phi) is 3.90. The first-order valence-corrected chi connectivity index (χ1v) is 5.53. The SMILES string of the molecule is Cc1cc([N+](=O)[O-])ccc1NC(=O)NC(C)(C)C. The van der Waals surface area contributed by atoms with Crippen molar-refractivity contribution >= 4 is 17.4 Å². The van der Waals surface area contributed by atoms with E-state index in [1.807, 2.05) is 20.8 Å². The van der Waals surface area contributed by atoms with Crippen molar-refractivity contribution < 1.29 is 9.72 Å². The van der Waals surface area contributed by atoms with E-state index >= 15 is 0 Å². The minimum atomic E-state index is -0.466. The maximum atomic E-state index is 11.6. The second-order valence-corrected chi connectivity index (χ2v) is 5.09. The van der Waals surface area contributed by atoms with Crippen molar-refractivity contribution in [1.82, 2.24) is 5.32 Å². The number of anilines is 1. The van der Waals surface area contributed by atoms with Crippen LogP contribution >= 0.6 is 0 Å². The van der Waals surface area contributed by atoms with E-state index in [0.29, 0.717) is 11.3 Å². The Hall–Kier alpha value is -2.11. The van der Waals surface area contributed by atoms with Gasteiger partial charge in [0.2, 0.25) is 0 Å². The molecule has 0 fully saturated rings. The second-order valence-electron chi connectivity index (χ2n) is 5.09. The Bertz CT molecular complexity index is 478. The lowest BCUT2D eigenvalue weighted by Gasteiger charge is -2.21. The number of nitrogens with zero attached hydrogens (tertiary/aromatic N) is 1. The van der Waals surface area contributed by atoms with Gasteiger partial charge in [-0.1, -0.05) is 0 Å². The zero-order chi connectivity index (χ0) is 13.9. The van der Waals surface area contributed by atoms with Gasteiger partial charge in [-0.05, 0) is 39.3 Å². The summed E-state index contributed by atoms with van der Waals surface area (Å²) >= 11 is 0. The lowest BCUT2D eigenvalue weighted by molar-refractivity contribution is -0.384. The lowest BCUT2D eigenvalue weighted by atomic mass is 10.1. The number of amides is 2. The third-order valence-electron chi connectivity index (χ3n) is 2.16. The zero-order valence-electron chi connectivity index (χ0n) is 10.9. The molecule has 0 unspecified atom stereocenters. The molecule has 6 nitrogen and oxygen atoms in total. The Morgan fingerprint density at radius 1 is 1.33 bits per heavy atom. The molecule has 0 aromatic heterocycles. The summed E-state index contributed by atoms with van der Waals surface area (Å²) in [5.74, 6) is 0. The summed E-state index contributed by atoms with van der Waals surface area (Å²) in [7, 11) is 0. The molecule has 1 aromatic carbocycles. The van der Waals surface area contributed by atoms with E-state index in [9.17, 15) is 14.9 Å². The number of aryl methyl sites for hydroxylation is 1. The lowest BCUT2D eigenvalue weighted by Crippen LogP contribution is -2.43. The molecule has 0 aliphatic rings. The molecule has 6 heteroatoms. The van der Waals surface area contributed by atoms with Crippen LogP contribution in [-0.2, 0) is 0 Å². The molecule has 0 heterocycles. The number of rotatable bonds is 2. The van der Waals surface area contributed by atoms with Crippen LogP contribution in [0.2, 0.25) is 0 Å². The molecule has 0 aliphatic carbocycles. The van der Waals surface area contributed by atoms with Crippen LogP contribution in [0.3, 0.4) is 0 Å². The molecule has 0 saturated heterocycles. The third-order valence-corrected chi connectivity index (χ3v) is 2.16. The number of nitro groups is 1. The Morgan fingerprint density at radius 3 is 2.39 bits per heavy atom. The molecule has 0 radical (unpaired) electrons. The normalized spacial score (nSPS) is 10.9. The quantitative estimate of drug-likeness (QED) is 0.626. The average molecular weight is 251 g/mol. The number of carbonyl (C=O) groups excluding carboxylic acids is 1. The molecule has 0 bridgehead atoms. The van der Waals surface area contributed by atoms with Crippen LogP contribution in [-0.4, -0.2) is 16.5 Å². The molecule has 0 aliphatic heterocycles. The van der Waals surface area contributed by atoms with Crippen molar-refractivity contribution in [2.75, 3.05) is 5.32 Å². The molecule has 0 saturated carbocycles. The fraction of sp³-hybridized carbons (Fsp3) is 0.417. The summed E-state index contributed by atoms with van der Waals surface area (Å²) in [6, 6.07) is 3.97. The minimum Gasteiger partial charge on any atom is -0.333 e. The number of hydrogen-bond donors (Lipinski definition) is 2. The average Bonchev–Trinajstić information content (AvgIpc) is 2.17. The van der Waals surface area contributed by atoms with Gasteiger partial charge in [-0.15, -0.1) is 0 Å². The van der Waals surface area contributed by atoms with Crippen molar-refractivity contribution in [3.05, 3.63) is 33.9 Å². The van der Waals surface area contributed by atoms with Crippen molar-refractivity contribution in [2.45, 2.75) is 33.2 Å². The largest absolute Gasteiger partial charge is 0.333 e. The van der Waals surface area contributed by atoms with Gasteiger partial charge in [0.15, 0.2) is 0 Å². The second kappa shape index (κ2) is 5.03. The van der Waals surface area contributed by atoms with Gasteiger partial charge < -0.3 is 10.6 Å². The molecule has 2 amide bonds. The van der Waals surface area contributed by atoms with Crippen molar-refractivity contribution in [2.24, 2.45) is 0 Å². The van der Waals surface area contributed by atoms with E-state index < -0.39 is 4.92 Å². The van der Waals surface area contributed by atoms with E-state index in [-0.39, 0.29) is 17.3 Å². The van der Waals surface area contributed by atoms with E-state index in [0.717, 1.165) is 0 Å². The zero-order valence-corrected chi connectivity index (χ0v) is 10.9. The highest BCUT2D eigenvalue weighted by atomic mass is 16.6. The van der Waals surface area contributed by atoms with E-state index in [2.05, 4.69) is 10.6 Å². The maximum Gasteiger partial charge on any atom is 0.319 e. The summed E-state index contributed by atoms with van der Waals surface area (Å²) in [5, 5.41) is 16.0. The summed E-state index contributed by atoms with van der Waals surface area (Å²) < 4.78 is 0. The molecule has 2 N–H and O–H groups in total. The number of nitrogens with one attached hydrogen (secondary N) is 2. The molecule has 0 spiro atoms. The van der Waals surface area contributed by atoms with Gasteiger partial charge in [-0.2, -0.15) is 0 Å². The van der Waals surface area contributed by atoms with Crippen LogP contribution in [0.15, 0.2) is 18.2 Å². The molecule has 1 rings (SSSR count). The topological polar surface area (TPSA) is 84.3 Å². The van der Waals surface area contributed by atoms with Gasteiger partial charge in [0.1, 0.15) is 0 Å². The first kappa shape index (κ1) is 14.0. The first-order chi connectivity index (χ1) is 8.19. The van der Waals surface area contributed by atoms with Crippen LogP contribution in [0.25, 0.3) is 0 Å². The fourth-order valence-electron chi connectivity index (χ4n) is 1.40. The summed E-state index contributed by atoms with van der Waals surface area (Å²) in [5.41, 5.74) is 0.878. The van der Waals surface area contributed by atoms with Crippen molar-refractivity contribution in [3.8, 4) is 0 Å². The van der Waals surface area contributed by atoms with Gasteiger partial charge in [0.25, 0.3) is 5.69 Å². The number of nitro benzene ring substituents is 1.